The summed E-state index contributed by atoms with van der Waals surface area (Å²) in [5.41, 5.74) is 11.0. The Kier molecular flexibility index (Phi) is 5.52. The van der Waals surface area contributed by atoms with Crippen molar-refractivity contribution in [3.8, 4) is 0 Å². The molecule has 0 saturated heterocycles. The minimum atomic E-state index is -2.23. The molecule has 7 heteroatoms. The van der Waals surface area contributed by atoms with Crippen molar-refractivity contribution in [2.75, 3.05) is 12.8 Å². The SMILES string of the molecule is [N-]=[N+]=C1CCC(=Nc2ccccc2)C=C1OCC[P+](=O)O. The third kappa shape index (κ3) is 4.72. The summed E-state index contributed by atoms with van der Waals surface area (Å²) in [5, 5.41) is 0. The maximum absolute atomic E-state index is 10.6. The minimum Gasteiger partial charge on any atom is -0.482 e. The van der Waals surface area contributed by atoms with E-state index in [0.29, 0.717) is 24.3 Å². The Morgan fingerprint density at radius 3 is 2.76 bits per heavy atom. The summed E-state index contributed by atoms with van der Waals surface area (Å²) in [6.45, 7) is 0.0924. The second kappa shape index (κ2) is 7.60. The average molecular weight is 304 g/mol. The maximum Gasteiger partial charge on any atom is 0.509 e. The van der Waals surface area contributed by atoms with E-state index in [1.54, 1.807) is 6.08 Å². The highest BCUT2D eigenvalue weighted by Gasteiger charge is 2.25. The number of allylic oxidation sites excluding steroid dienone is 2. The van der Waals surface area contributed by atoms with Crippen LogP contribution in [0.1, 0.15) is 12.8 Å². The Hall–Kier alpha value is -2.13. The van der Waals surface area contributed by atoms with Crippen LogP contribution in [0.25, 0.3) is 5.53 Å². The predicted octanol–water partition coefficient (Wildman–Crippen LogP) is 2.86. The molecular formula is C14H15N3O3P+. The van der Waals surface area contributed by atoms with Crippen LogP contribution in [0.4, 0.5) is 5.69 Å². The van der Waals surface area contributed by atoms with Gasteiger partial charge < -0.3 is 10.3 Å². The zero-order valence-corrected chi connectivity index (χ0v) is 12.2. The molecule has 0 spiro atoms. The molecule has 21 heavy (non-hydrogen) atoms. The molecule has 0 radical (unpaired) electrons. The predicted molar refractivity (Wildman–Crippen MR) is 80.1 cm³/mol. The molecule has 0 heterocycles. The highest BCUT2D eigenvalue weighted by Crippen LogP contribution is 2.19. The van der Waals surface area contributed by atoms with E-state index in [0.717, 1.165) is 11.4 Å². The van der Waals surface area contributed by atoms with Crippen LogP contribution in [0.3, 0.4) is 0 Å². The first kappa shape index (κ1) is 15.3. The van der Waals surface area contributed by atoms with Crippen molar-refractivity contribution in [2.45, 2.75) is 12.8 Å². The molecule has 0 bridgehead atoms. The van der Waals surface area contributed by atoms with Crippen LogP contribution in [0.5, 0.6) is 0 Å². The molecule has 1 unspecified atom stereocenters. The van der Waals surface area contributed by atoms with Gasteiger partial charge >= 0.3 is 13.7 Å². The summed E-state index contributed by atoms with van der Waals surface area (Å²) >= 11 is 0. The van der Waals surface area contributed by atoms with Gasteiger partial charge in [0.15, 0.2) is 0 Å². The van der Waals surface area contributed by atoms with Gasteiger partial charge in [0.05, 0.1) is 12.1 Å². The fourth-order valence-electron chi connectivity index (χ4n) is 1.89. The van der Waals surface area contributed by atoms with Crippen molar-refractivity contribution in [3.05, 3.63) is 47.7 Å². The van der Waals surface area contributed by atoms with Gasteiger partial charge in [-0.15, -0.1) is 0 Å². The standard InChI is InChI=1S/C14H14N3O3P/c15-17-13-7-6-12(16-11-4-2-1-3-5-11)10-14(13)20-8-9-21(18)19/h1-5,10H,6-9H2/p+1. The van der Waals surface area contributed by atoms with Crippen molar-refractivity contribution in [1.29, 1.82) is 0 Å². The van der Waals surface area contributed by atoms with Crippen LogP contribution < -0.4 is 0 Å². The Balaban J connectivity index is 2.16. The third-order valence-corrected chi connectivity index (χ3v) is 3.45. The number of benzene rings is 1. The van der Waals surface area contributed by atoms with E-state index in [1.807, 2.05) is 30.3 Å². The van der Waals surface area contributed by atoms with Gasteiger partial charge in [-0.2, -0.15) is 9.68 Å². The number of rotatable bonds is 5. The topological polar surface area (TPSA) is 95.3 Å². The lowest BCUT2D eigenvalue weighted by molar-refractivity contribution is -0.0127. The van der Waals surface area contributed by atoms with Gasteiger partial charge in [-0.1, -0.05) is 18.2 Å². The molecule has 0 aromatic heterocycles. The minimum absolute atomic E-state index is 0.0382. The van der Waals surface area contributed by atoms with Gasteiger partial charge in [0, 0.05) is 18.2 Å². The molecule has 0 fully saturated rings. The molecule has 0 amide bonds. The van der Waals surface area contributed by atoms with Gasteiger partial charge in [-0.3, -0.25) is 4.99 Å². The zero-order valence-electron chi connectivity index (χ0n) is 11.3. The van der Waals surface area contributed by atoms with E-state index in [4.69, 9.17) is 15.2 Å². The molecule has 6 nitrogen and oxygen atoms in total. The van der Waals surface area contributed by atoms with Gasteiger partial charge in [0.1, 0.15) is 6.61 Å². The summed E-state index contributed by atoms with van der Waals surface area (Å²) in [4.78, 5) is 16.5. The molecule has 1 aliphatic rings. The number of nitrogens with zero attached hydrogens (tertiary/aromatic N) is 3. The van der Waals surface area contributed by atoms with Gasteiger partial charge in [-0.05, 0) is 16.7 Å². The van der Waals surface area contributed by atoms with Crippen LogP contribution in [-0.4, -0.2) is 33.9 Å². The van der Waals surface area contributed by atoms with Crippen LogP contribution in [-0.2, 0) is 9.30 Å². The van der Waals surface area contributed by atoms with Gasteiger partial charge in [0.25, 0.3) is 0 Å². The lowest BCUT2D eigenvalue weighted by atomic mass is 10.0. The third-order valence-electron chi connectivity index (χ3n) is 2.89. The Morgan fingerprint density at radius 2 is 2.10 bits per heavy atom. The van der Waals surface area contributed by atoms with E-state index in [2.05, 4.69) is 9.78 Å². The Morgan fingerprint density at radius 1 is 1.33 bits per heavy atom. The largest absolute Gasteiger partial charge is 0.509 e. The molecule has 1 aliphatic carbocycles. The van der Waals surface area contributed by atoms with Crippen molar-refractivity contribution >= 4 is 25.1 Å². The molecule has 1 aromatic rings. The van der Waals surface area contributed by atoms with Gasteiger partial charge in [-0.25, -0.2) is 0 Å². The monoisotopic (exact) mass is 304 g/mol. The van der Waals surface area contributed by atoms with Crippen molar-refractivity contribution in [2.24, 2.45) is 4.99 Å². The van der Waals surface area contributed by atoms with Crippen LogP contribution >= 0.6 is 8.03 Å². The number of aliphatic imine (C=N–C) groups is 1. The second-order valence-corrected chi connectivity index (χ2v) is 5.57. The molecule has 0 aliphatic heterocycles. The molecule has 1 N–H and O–H groups in total. The lowest BCUT2D eigenvalue weighted by Crippen LogP contribution is -2.17. The van der Waals surface area contributed by atoms with E-state index < -0.39 is 8.03 Å². The molecule has 1 aromatic carbocycles. The molecule has 108 valence electrons. The zero-order chi connectivity index (χ0) is 15.1. The number of hydrogen-bond donors (Lipinski definition) is 1. The van der Waals surface area contributed by atoms with E-state index >= 15 is 0 Å². The quantitative estimate of drug-likeness (QED) is 0.514. The molecule has 0 saturated carbocycles. The van der Waals surface area contributed by atoms with Crippen LogP contribution in [0.2, 0.25) is 0 Å². The van der Waals surface area contributed by atoms with E-state index in [1.165, 1.54) is 0 Å². The highest BCUT2D eigenvalue weighted by molar-refractivity contribution is 7.38. The van der Waals surface area contributed by atoms with Crippen molar-refractivity contribution in [3.63, 3.8) is 0 Å². The lowest BCUT2D eigenvalue weighted by Gasteiger charge is -2.11. The number of hydrogen-bond acceptors (Lipinski definition) is 3. The fraction of sp³-hybridized carbons (Fsp3) is 0.286. The molecular weight excluding hydrogens is 289 g/mol. The second-order valence-electron chi connectivity index (χ2n) is 4.42. The normalized spacial score (nSPS) is 17.2. The number of ether oxygens (including phenoxy) is 1. The van der Waals surface area contributed by atoms with E-state index in [-0.39, 0.29) is 12.8 Å². The summed E-state index contributed by atoms with van der Waals surface area (Å²) < 4.78 is 16.1. The van der Waals surface area contributed by atoms with Crippen LogP contribution in [0, 0.1) is 0 Å². The first-order valence-electron chi connectivity index (χ1n) is 6.51. The number of para-hydroxylation sites is 1. The first-order chi connectivity index (χ1) is 10.2. The summed E-state index contributed by atoms with van der Waals surface area (Å²) in [6, 6.07) is 9.52. The van der Waals surface area contributed by atoms with Crippen LogP contribution in [0.15, 0.2) is 47.2 Å². The first-order valence-corrected chi connectivity index (χ1v) is 7.91. The highest BCUT2D eigenvalue weighted by atomic mass is 31.1. The van der Waals surface area contributed by atoms with E-state index in [9.17, 15) is 4.57 Å². The van der Waals surface area contributed by atoms with Gasteiger partial charge in [0.2, 0.25) is 11.9 Å². The van der Waals surface area contributed by atoms with Crippen molar-refractivity contribution in [1.82, 2.24) is 0 Å². The Bertz CT molecular complexity index is 634. The summed E-state index contributed by atoms with van der Waals surface area (Å²) in [5.74, 6) is 0.398. The average Bonchev–Trinajstić information content (AvgIpc) is 2.48. The summed E-state index contributed by atoms with van der Waals surface area (Å²) in [6.07, 6.45) is 2.90. The maximum atomic E-state index is 10.6. The fourth-order valence-corrected chi connectivity index (χ4v) is 2.14. The van der Waals surface area contributed by atoms with Crippen molar-refractivity contribution < 1.29 is 19.0 Å². The summed E-state index contributed by atoms with van der Waals surface area (Å²) in [7, 11) is -2.23. The molecule has 2 rings (SSSR count). The Labute approximate surface area is 123 Å². The smallest absolute Gasteiger partial charge is 0.482 e. The molecule has 1 atom stereocenters.